The number of carbonyl (C=O) groups excluding carboxylic acids is 2. The molecule has 6 N–H and O–H groups in total. The summed E-state index contributed by atoms with van der Waals surface area (Å²) in [6, 6.07) is 2.50. The molecule has 0 saturated carbocycles. The number of nitrogens with zero attached hydrogens (tertiary/aromatic N) is 1. The van der Waals surface area contributed by atoms with Gasteiger partial charge < -0.3 is 22.1 Å². The van der Waals surface area contributed by atoms with Crippen LogP contribution < -0.4 is 22.1 Å². The Morgan fingerprint density at radius 2 is 1.94 bits per heavy atom. The number of aryl methyl sites for hydroxylation is 1. The fourth-order valence-electron chi connectivity index (χ4n) is 1.29. The highest BCUT2D eigenvalue weighted by Gasteiger charge is 2.06. The van der Waals surface area contributed by atoms with Crippen molar-refractivity contribution in [3.8, 4) is 0 Å². The number of anilines is 1. The summed E-state index contributed by atoms with van der Waals surface area (Å²) in [4.78, 5) is 26.0. The van der Waals surface area contributed by atoms with Gasteiger partial charge in [-0.15, -0.1) is 0 Å². The first-order valence-electron chi connectivity index (χ1n) is 5.04. The Bertz CT molecular complexity index is 412. The molecule has 1 aromatic heterocycles. The lowest BCUT2D eigenvalue weighted by Gasteiger charge is -2.06. The molecule has 0 fully saturated rings. The van der Waals surface area contributed by atoms with Crippen molar-refractivity contribution >= 4 is 17.8 Å². The number of carbonyl (C=O) groups is 2. The van der Waals surface area contributed by atoms with Crippen molar-refractivity contribution in [2.75, 3.05) is 18.8 Å². The molecule has 1 rings (SSSR count). The quantitative estimate of drug-likeness (QED) is 0.520. The highest BCUT2D eigenvalue weighted by atomic mass is 16.2. The van der Waals surface area contributed by atoms with E-state index in [1.54, 1.807) is 13.0 Å². The minimum absolute atomic E-state index is 0.270. The monoisotopic (exact) mass is 237 g/mol. The molecule has 0 radical (unpaired) electrons. The van der Waals surface area contributed by atoms with E-state index in [2.05, 4.69) is 15.6 Å². The number of hydrogen-bond donors (Lipinski definition) is 4. The summed E-state index contributed by atoms with van der Waals surface area (Å²) in [7, 11) is 0. The molecule has 0 aliphatic heterocycles. The number of pyridine rings is 1. The third-order valence-corrected chi connectivity index (χ3v) is 1.95. The Labute approximate surface area is 98.6 Å². The fraction of sp³-hybridized carbons (Fsp3) is 0.300. The smallest absolute Gasteiger partial charge is 0.312 e. The number of nitrogen functional groups attached to an aromatic ring is 1. The van der Waals surface area contributed by atoms with Crippen LogP contribution in [0.2, 0.25) is 0 Å². The van der Waals surface area contributed by atoms with Crippen LogP contribution in [0.1, 0.15) is 16.1 Å². The van der Waals surface area contributed by atoms with Crippen LogP contribution in [0, 0.1) is 6.92 Å². The molecular weight excluding hydrogens is 222 g/mol. The van der Waals surface area contributed by atoms with Gasteiger partial charge in [0.15, 0.2) is 0 Å². The second kappa shape index (κ2) is 5.69. The Hall–Kier alpha value is -2.31. The van der Waals surface area contributed by atoms with Crippen LogP contribution in [0.4, 0.5) is 10.6 Å². The molecule has 1 aromatic rings. The molecule has 3 amide bonds. The van der Waals surface area contributed by atoms with E-state index in [1.165, 1.54) is 6.07 Å². The maximum absolute atomic E-state index is 11.7. The number of nitrogens with one attached hydrogen (secondary N) is 2. The van der Waals surface area contributed by atoms with Gasteiger partial charge in [0.05, 0.1) is 0 Å². The molecule has 0 aliphatic rings. The molecule has 0 unspecified atom stereocenters. The number of primary amides is 1. The zero-order chi connectivity index (χ0) is 12.8. The van der Waals surface area contributed by atoms with E-state index in [9.17, 15) is 9.59 Å². The molecule has 7 nitrogen and oxygen atoms in total. The van der Waals surface area contributed by atoms with Crippen molar-refractivity contribution in [2.45, 2.75) is 6.92 Å². The average Bonchev–Trinajstić information content (AvgIpc) is 2.22. The lowest BCUT2D eigenvalue weighted by atomic mass is 10.2. The fourth-order valence-corrected chi connectivity index (χ4v) is 1.29. The zero-order valence-corrected chi connectivity index (χ0v) is 9.49. The van der Waals surface area contributed by atoms with Gasteiger partial charge in [-0.3, -0.25) is 4.79 Å². The van der Waals surface area contributed by atoms with Crippen LogP contribution in [0.5, 0.6) is 0 Å². The van der Waals surface area contributed by atoms with Gasteiger partial charge >= 0.3 is 6.03 Å². The van der Waals surface area contributed by atoms with E-state index in [4.69, 9.17) is 11.5 Å². The minimum Gasteiger partial charge on any atom is -0.384 e. The maximum atomic E-state index is 11.7. The van der Waals surface area contributed by atoms with E-state index in [0.29, 0.717) is 23.6 Å². The summed E-state index contributed by atoms with van der Waals surface area (Å²) in [5.41, 5.74) is 11.5. The van der Waals surface area contributed by atoms with Crippen LogP contribution >= 0.6 is 0 Å². The van der Waals surface area contributed by atoms with E-state index < -0.39 is 6.03 Å². The minimum atomic E-state index is -0.622. The first-order chi connectivity index (χ1) is 7.99. The molecule has 1 heterocycles. The highest BCUT2D eigenvalue weighted by Crippen LogP contribution is 2.06. The van der Waals surface area contributed by atoms with Crippen molar-refractivity contribution in [3.05, 3.63) is 23.4 Å². The van der Waals surface area contributed by atoms with Crippen molar-refractivity contribution in [3.63, 3.8) is 0 Å². The van der Waals surface area contributed by atoms with Crippen molar-refractivity contribution < 1.29 is 9.59 Å². The van der Waals surface area contributed by atoms with Gasteiger partial charge in [0.2, 0.25) is 0 Å². The number of hydrogen-bond acceptors (Lipinski definition) is 4. The molecular formula is C10H15N5O2. The number of nitrogens with two attached hydrogens (primary N) is 2. The first kappa shape index (κ1) is 12.8. The van der Waals surface area contributed by atoms with Crippen LogP contribution in [-0.4, -0.2) is 30.0 Å². The summed E-state index contributed by atoms with van der Waals surface area (Å²) in [6.07, 6.45) is 0. The molecule has 0 bridgehead atoms. The van der Waals surface area contributed by atoms with Gasteiger partial charge in [0, 0.05) is 24.3 Å². The summed E-state index contributed by atoms with van der Waals surface area (Å²) in [6.45, 7) is 2.32. The predicted molar refractivity (Wildman–Crippen MR) is 63.3 cm³/mol. The Balaban J connectivity index is 2.49. The van der Waals surface area contributed by atoms with Gasteiger partial charge in [-0.2, -0.15) is 0 Å². The van der Waals surface area contributed by atoms with Crippen molar-refractivity contribution in [1.29, 1.82) is 0 Å². The molecule has 0 spiro atoms. The lowest BCUT2D eigenvalue weighted by molar-refractivity contribution is 0.0953. The van der Waals surface area contributed by atoms with Crippen LogP contribution in [0.3, 0.4) is 0 Å². The third kappa shape index (κ3) is 4.37. The first-order valence-corrected chi connectivity index (χ1v) is 5.04. The van der Waals surface area contributed by atoms with Crippen LogP contribution in [0.15, 0.2) is 12.1 Å². The lowest BCUT2D eigenvalue weighted by Crippen LogP contribution is -2.37. The summed E-state index contributed by atoms with van der Waals surface area (Å²) >= 11 is 0. The maximum Gasteiger partial charge on any atom is 0.312 e. The Morgan fingerprint density at radius 1 is 1.29 bits per heavy atom. The standard InChI is InChI=1S/C10H15N5O2/c1-6-4-7(5-8(11)15-6)9(16)13-2-3-14-10(12)17/h4-5H,2-3H2,1H3,(H2,11,15)(H,13,16)(H3,12,14,17). The molecule has 7 heteroatoms. The van der Waals surface area contributed by atoms with Gasteiger partial charge in [0.1, 0.15) is 5.82 Å². The van der Waals surface area contributed by atoms with E-state index in [1.807, 2.05) is 0 Å². The van der Waals surface area contributed by atoms with Crippen molar-refractivity contribution in [2.24, 2.45) is 5.73 Å². The molecule has 0 aromatic carbocycles. The number of urea groups is 1. The third-order valence-electron chi connectivity index (χ3n) is 1.95. The van der Waals surface area contributed by atoms with Crippen molar-refractivity contribution in [1.82, 2.24) is 15.6 Å². The van der Waals surface area contributed by atoms with E-state index in [-0.39, 0.29) is 12.5 Å². The Kier molecular flexibility index (Phi) is 4.27. The van der Waals surface area contributed by atoms with Gasteiger partial charge in [-0.05, 0) is 19.1 Å². The van der Waals surface area contributed by atoms with Gasteiger partial charge in [-0.1, -0.05) is 0 Å². The van der Waals surface area contributed by atoms with Crippen LogP contribution in [-0.2, 0) is 0 Å². The number of rotatable bonds is 4. The SMILES string of the molecule is Cc1cc(C(=O)NCCNC(N)=O)cc(N)n1. The largest absolute Gasteiger partial charge is 0.384 e. The average molecular weight is 237 g/mol. The molecule has 17 heavy (non-hydrogen) atoms. The topological polar surface area (TPSA) is 123 Å². The van der Waals surface area contributed by atoms with E-state index in [0.717, 1.165) is 0 Å². The number of aromatic nitrogens is 1. The predicted octanol–water partition coefficient (Wildman–Crippen LogP) is -0.630. The molecule has 92 valence electrons. The summed E-state index contributed by atoms with van der Waals surface area (Å²) < 4.78 is 0. The van der Waals surface area contributed by atoms with Gasteiger partial charge in [-0.25, -0.2) is 9.78 Å². The summed E-state index contributed by atoms with van der Waals surface area (Å²) in [5, 5.41) is 4.98. The highest BCUT2D eigenvalue weighted by molar-refractivity contribution is 5.94. The Morgan fingerprint density at radius 3 is 2.53 bits per heavy atom. The molecule has 0 atom stereocenters. The summed E-state index contributed by atoms with van der Waals surface area (Å²) in [5.74, 6) is 0.0267. The number of amides is 3. The zero-order valence-electron chi connectivity index (χ0n) is 9.49. The molecule has 0 aliphatic carbocycles. The normalized spacial score (nSPS) is 9.71. The second-order valence-corrected chi connectivity index (χ2v) is 3.47. The van der Waals surface area contributed by atoms with Gasteiger partial charge in [0.25, 0.3) is 5.91 Å². The second-order valence-electron chi connectivity index (χ2n) is 3.47. The van der Waals surface area contributed by atoms with E-state index >= 15 is 0 Å². The van der Waals surface area contributed by atoms with Crippen LogP contribution in [0.25, 0.3) is 0 Å². The molecule has 0 saturated heterocycles.